The normalized spacial score (nSPS) is 28.4. The molecule has 1 aliphatic rings. The Morgan fingerprint density at radius 3 is 3.08 bits per heavy atom. The molecule has 0 bridgehead atoms. The molecule has 0 aromatic rings. The fourth-order valence-electron chi connectivity index (χ4n) is 1.16. The second-order valence-corrected chi connectivity index (χ2v) is 4.13. The molecule has 76 valence electrons. The van der Waals surface area contributed by atoms with Gasteiger partial charge in [0, 0.05) is 18.1 Å². The minimum Gasteiger partial charge on any atom is -0.465 e. The largest absolute Gasteiger partial charge is 0.465 e. The molecular weight excluding hydrogens is 190 g/mol. The van der Waals surface area contributed by atoms with E-state index in [1.807, 2.05) is 18.7 Å². The Morgan fingerprint density at radius 1 is 1.62 bits per heavy atom. The summed E-state index contributed by atoms with van der Waals surface area (Å²) in [6, 6.07) is 0. The third-order valence-corrected chi connectivity index (χ3v) is 3.06. The van der Waals surface area contributed by atoms with Gasteiger partial charge in [0.2, 0.25) is 0 Å². The van der Waals surface area contributed by atoms with Gasteiger partial charge >= 0.3 is 0 Å². The summed E-state index contributed by atoms with van der Waals surface area (Å²) in [6.45, 7) is 4.19. The Hall–Kier alpha value is -0.260. The maximum atomic E-state index is 9.84. The topological polar surface area (TPSA) is 47.6 Å². The first-order valence-electron chi connectivity index (χ1n) is 4.29. The SMILES string of the molecule is CC1(OCCOC=O)CSCCN1. The van der Waals surface area contributed by atoms with Gasteiger partial charge in [-0.1, -0.05) is 0 Å². The minimum absolute atomic E-state index is 0.255. The van der Waals surface area contributed by atoms with Crippen LogP contribution in [-0.4, -0.2) is 43.5 Å². The lowest BCUT2D eigenvalue weighted by atomic mass is 10.3. The second-order valence-electron chi connectivity index (χ2n) is 3.03. The van der Waals surface area contributed by atoms with Crippen LogP contribution < -0.4 is 5.32 Å². The van der Waals surface area contributed by atoms with E-state index in [1.165, 1.54) is 0 Å². The number of carbonyl (C=O) groups excluding carboxylic acids is 1. The highest BCUT2D eigenvalue weighted by Gasteiger charge is 2.26. The van der Waals surface area contributed by atoms with Crippen LogP contribution in [0.25, 0.3) is 0 Å². The van der Waals surface area contributed by atoms with Crippen molar-refractivity contribution in [3.05, 3.63) is 0 Å². The van der Waals surface area contributed by atoms with E-state index in [4.69, 9.17) is 4.74 Å². The number of carbonyl (C=O) groups is 1. The van der Waals surface area contributed by atoms with Crippen molar-refractivity contribution in [3.8, 4) is 0 Å². The molecule has 1 atom stereocenters. The fourth-order valence-corrected chi connectivity index (χ4v) is 2.13. The Labute approximate surface area is 82.3 Å². The van der Waals surface area contributed by atoms with Crippen molar-refractivity contribution in [2.24, 2.45) is 0 Å². The average Bonchev–Trinajstić information content (AvgIpc) is 2.14. The lowest BCUT2D eigenvalue weighted by molar-refractivity contribution is -0.133. The third-order valence-electron chi connectivity index (χ3n) is 1.81. The molecule has 0 amide bonds. The Morgan fingerprint density at radius 2 is 2.46 bits per heavy atom. The van der Waals surface area contributed by atoms with Crippen molar-refractivity contribution in [2.75, 3.05) is 31.3 Å². The molecule has 0 aromatic carbocycles. The van der Waals surface area contributed by atoms with Gasteiger partial charge in [0.1, 0.15) is 12.3 Å². The number of ether oxygens (including phenoxy) is 2. The van der Waals surface area contributed by atoms with Gasteiger partial charge in [0.15, 0.2) is 0 Å². The molecule has 0 aromatic heterocycles. The molecule has 1 heterocycles. The van der Waals surface area contributed by atoms with E-state index in [-0.39, 0.29) is 5.72 Å². The van der Waals surface area contributed by atoms with E-state index in [9.17, 15) is 4.79 Å². The van der Waals surface area contributed by atoms with E-state index in [0.717, 1.165) is 18.1 Å². The zero-order valence-electron chi connectivity index (χ0n) is 7.75. The standard InChI is InChI=1S/C8H15NO3S/c1-8(6-13-5-2-9-8)12-4-3-11-7-10/h7,9H,2-6H2,1H3. The molecular formula is C8H15NO3S. The highest BCUT2D eigenvalue weighted by molar-refractivity contribution is 7.99. The summed E-state index contributed by atoms with van der Waals surface area (Å²) < 4.78 is 10.1. The van der Waals surface area contributed by atoms with Crippen LogP contribution >= 0.6 is 11.8 Å². The van der Waals surface area contributed by atoms with Gasteiger partial charge in [-0.05, 0) is 6.92 Å². The van der Waals surface area contributed by atoms with Crippen molar-refractivity contribution >= 4 is 18.2 Å². The Balaban J connectivity index is 2.13. The van der Waals surface area contributed by atoms with Crippen molar-refractivity contribution in [2.45, 2.75) is 12.6 Å². The molecule has 1 N–H and O–H groups in total. The first kappa shape index (κ1) is 10.8. The minimum atomic E-state index is -0.255. The predicted molar refractivity (Wildman–Crippen MR) is 51.7 cm³/mol. The quantitative estimate of drug-likeness (QED) is 0.514. The van der Waals surface area contributed by atoms with Gasteiger partial charge in [-0.3, -0.25) is 10.1 Å². The Kier molecular flexibility index (Phi) is 4.55. The first-order valence-corrected chi connectivity index (χ1v) is 5.44. The Bertz CT molecular complexity index is 159. The smallest absolute Gasteiger partial charge is 0.293 e. The summed E-state index contributed by atoms with van der Waals surface area (Å²) in [4.78, 5) is 9.84. The highest BCUT2D eigenvalue weighted by Crippen LogP contribution is 2.18. The van der Waals surface area contributed by atoms with Crippen molar-refractivity contribution < 1.29 is 14.3 Å². The average molecular weight is 205 g/mol. The molecule has 1 unspecified atom stereocenters. The van der Waals surface area contributed by atoms with Gasteiger partial charge in [0.25, 0.3) is 6.47 Å². The van der Waals surface area contributed by atoms with E-state index in [1.54, 1.807) is 0 Å². The summed E-state index contributed by atoms with van der Waals surface area (Å²) in [7, 11) is 0. The first-order chi connectivity index (χ1) is 6.27. The van der Waals surface area contributed by atoms with Crippen LogP contribution in [0.3, 0.4) is 0 Å². The van der Waals surface area contributed by atoms with E-state index < -0.39 is 0 Å². The third kappa shape index (κ3) is 3.97. The van der Waals surface area contributed by atoms with E-state index in [0.29, 0.717) is 19.7 Å². The van der Waals surface area contributed by atoms with Crippen LogP contribution in [0, 0.1) is 0 Å². The lowest BCUT2D eigenvalue weighted by Gasteiger charge is -2.34. The van der Waals surface area contributed by atoms with Crippen molar-refractivity contribution in [1.82, 2.24) is 5.32 Å². The molecule has 5 heteroatoms. The molecule has 0 saturated carbocycles. The van der Waals surface area contributed by atoms with Gasteiger partial charge in [0.05, 0.1) is 6.61 Å². The molecule has 4 nitrogen and oxygen atoms in total. The molecule has 1 aliphatic heterocycles. The fraction of sp³-hybridized carbons (Fsp3) is 0.875. The van der Waals surface area contributed by atoms with Gasteiger partial charge in [-0.15, -0.1) is 0 Å². The van der Waals surface area contributed by atoms with Crippen LogP contribution in [0.15, 0.2) is 0 Å². The summed E-state index contributed by atoms with van der Waals surface area (Å²) in [5, 5.41) is 3.29. The molecule has 1 saturated heterocycles. The summed E-state index contributed by atoms with van der Waals surface area (Å²) >= 11 is 1.87. The lowest BCUT2D eigenvalue weighted by Crippen LogP contribution is -2.51. The van der Waals surface area contributed by atoms with E-state index >= 15 is 0 Å². The van der Waals surface area contributed by atoms with Crippen LogP contribution in [0.4, 0.5) is 0 Å². The number of hydrogen-bond donors (Lipinski definition) is 1. The van der Waals surface area contributed by atoms with Crippen LogP contribution in [0.1, 0.15) is 6.92 Å². The van der Waals surface area contributed by atoms with Crippen molar-refractivity contribution in [1.29, 1.82) is 0 Å². The van der Waals surface area contributed by atoms with Gasteiger partial charge in [-0.2, -0.15) is 11.8 Å². The molecule has 13 heavy (non-hydrogen) atoms. The summed E-state index contributed by atoms with van der Waals surface area (Å²) in [6.07, 6.45) is 0. The van der Waals surface area contributed by atoms with Crippen LogP contribution in [-0.2, 0) is 14.3 Å². The van der Waals surface area contributed by atoms with Crippen molar-refractivity contribution in [3.63, 3.8) is 0 Å². The zero-order chi connectivity index (χ0) is 9.57. The number of nitrogens with one attached hydrogen (secondary N) is 1. The summed E-state index contributed by atoms with van der Waals surface area (Å²) in [5.74, 6) is 2.07. The number of hydrogen-bond acceptors (Lipinski definition) is 5. The number of rotatable bonds is 5. The summed E-state index contributed by atoms with van der Waals surface area (Å²) in [5.41, 5.74) is -0.255. The van der Waals surface area contributed by atoms with Gasteiger partial charge in [-0.25, -0.2) is 0 Å². The second kappa shape index (κ2) is 5.47. The molecule has 1 fully saturated rings. The predicted octanol–water partition coefficient (Wildman–Crippen LogP) is 0.229. The molecule has 0 spiro atoms. The van der Waals surface area contributed by atoms with E-state index in [2.05, 4.69) is 10.1 Å². The maximum absolute atomic E-state index is 9.84. The maximum Gasteiger partial charge on any atom is 0.293 e. The molecule has 0 radical (unpaired) electrons. The van der Waals surface area contributed by atoms with Gasteiger partial charge < -0.3 is 9.47 Å². The zero-order valence-corrected chi connectivity index (χ0v) is 8.56. The molecule has 0 aliphatic carbocycles. The van der Waals surface area contributed by atoms with Crippen LogP contribution in [0.2, 0.25) is 0 Å². The number of thioether (sulfide) groups is 1. The van der Waals surface area contributed by atoms with Crippen LogP contribution in [0.5, 0.6) is 0 Å². The highest BCUT2D eigenvalue weighted by atomic mass is 32.2. The monoisotopic (exact) mass is 205 g/mol. The molecule has 1 rings (SSSR count).